The molecule has 5 heteroatoms. The Balaban J connectivity index is 1.78. The molecule has 1 aromatic rings. The topological polar surface area (TPSA) is 61.4 Å². The summed E-state index contributed by atoms with van der Waals surface area (Å²) in [5.41, 5.74) is 2.50. The van der Waals surface area contributed by atoms with Crippen LogP contribution in [-0.4, -0.2) is 29.4 Å². The lowest BCUT2D eigenvalue weighted by Gasteiger charge is -2.24. The molecule has 2 aliphatic heterocycles. The van der Waals surface area contributed by atoms with E-state index >= 15 is 0 Å². The van der Waals surface area contributed by atoms with Crippen molar-refractivity contribution in [2.45, 2.75) is 31.3 Å². The van der Waals surface area contributed by atoms with Gasteiger partial charge in [-0.2, -0.15) is 0 Å². The number of esters is 1. The minimum atomic E-state index is -0.991. The van der Waals surface area contributed by atoms with Crippen molar-refractivity contribution in [1.29, 1.82) is 0 Å². The van der Waals surface area contributed by atoms with E-state index in [0.717, 1.165) is 47.7 Å². The van der Waals surface area contributed by atoms with E-state index in [4.69, 9.17) is 4.74 Å². The zero-order chi connectivity index (χ0) is 14.1. The van der Waals surface area contributed by atoms with E-state index in [1.165, 1.54) is 0 Å². The summed E-state index contributed by atoms with van der Waals surface area (Å²) >= 11 is -0.991. The minimum Gasteiger partial charge on any atom is -0.611 e. The number of rotatable bonds is 3. The first-order chi connectivity index (χ1) is 9.66. The standard InChI is InChI=1S/C15H19NO3S/c1-10-13-8-19-15(17)12(13)2-3-14(10)20(18)9-11-4-6-16-7-5-11/h2-3,11,16H,4-9H2,1H3. The van der Waals surface area contributed by atoms with Gasteiger partial charge in [0, 0.05) is 17.0 Å². The molecule has 20 heavy (non-hydrogen) atoms. The van der Waals surface area contributed by atoms with Crippen LogP contribution >= 0.6 is 0 Å². The zero-order valence-corrected chi connectivity index (χ0v) is 12.4. The number of cyclic esters (lactones) is 1. The predicted molar refractivity (Wildman–Crippen MR) is 77.2 cm³/mol. The highest BCUT2D eigenvalue weighted by Crippen LogP contribution is 2.30. The Hall–Kier alpha value is -1.04. The van der Waals surface area contributed by atoms with Crippen molar-refractivity contribution in [3.05, 3.63) is 28.8 Å². The van der Waals surface area contributed by atoms with Crippen LogP contribution in [0.2, 0.25) is 0 Å². The molecule has 1 fully saturated rings. The fourth-order valence-electron chi connectivity index (χ4n) is 2.93. The molecule has 0 bridgehead atoms. The minimum absolute atomic E-state index is 0.265. The number of nitrogens with one attached hydrogen (secondary N) is 1. The fourth-order valence-corrected chi connectivity index (χ4v) is 4.55. The van der Waals surface area contributed by atoms with E-state index in [2.05, 4.69) is 5.32 Å². The highest BCUT2D eigenvalue weighted by atomic mass is 32.2. The average molecular weight is 293 g/mol. The zero-order valence-electron chi connectivity index (χ0n) is 11.6. The van der Waals surface area contributed by atoms with E-state index in [0.29, 0.717) is 18.1 Å². The molecule has 1 unspecified atom stereocenters. The fraction of sp³-hybridized carbons (Fsp3) is 0.533. The van der Waals surface area contributed by atoms with Crippen molar-refractivity contribution < 1.29 is 14.1 Å². The molecule has 0 aliphatic carbocycles. The second-order valence-corrected chi connectivity index (χ2v) is 6.96. The molecule has 3 rings (SSSR count). The molecule has 1 saturated heterocycles. The van der Waals surface area contributed by atoms with Crippen LogP contribution in [0.25, 0.3) is 0 Å². The highest BCUT2D eigenvalue weighted by molar-refractivity contribution is 7.91. The Bertz CT molecular complexity index is 526. The van der Waals surface area contributed by atoms with E-state index in [9.17, 15) is 9.35 Å². The first-order valence-electron chi connectivity index (χ1n) is 7.05. The van der Waals surface area contributed by atoms with Gasteiger partial charge in [0.25, 0.3) is 0 Å². The molecule has 1 N–H and O–H groups in total. The second-order valence-electron chi connectivity index (χ2n) is 5.50. The van der Waals surface area contributed by atoms with E-state index in [-0.39, 0.29) is 5.97 Å². The van der Waals surface area contributed by atoms with Crippen LogP contribution in [-0.2, 0) is 22.5 Å². The first-order valence-corrected chi connectivity index (χ1v) is 8.37. The van der Waals surface area contributed by atoms with E-state index in [1.54, 1.807) is 6.07 Å². The molecule has 0 spiro atoms. The number of ether oxygens (including phenoxy) is 1. The number of carbonyl (C=O) groups excluding carboxylic acids is 1. The highest BCUT2D eigenvalue weighted by Gasteiger charge is 2.29. The summed E-state index contributed by atoms with van der Waals surface area (Å²) in [5, 5.41) is 3.32. The van der Waals surface area contributed by atoms with Crippen molar-refractivity contribution in [1.82, 2.24) is 5.32 Å². The SMILES string of the molecule is Cc1c([S+]([O-])CC2CCNCC2)ccc2c1COC2=O. The molecule has 2 heterocycles. The summed E-state index contributed by atoms with van der Waals surface area (Å²) < 4.78 is 17.6. The van der Waals surface area contributed by atoms with Crippen LogP contribution < -0.4 is 5.32 Å². The number of hydrogen-bond donors (Lipinski definition) is 1. The number of hydrogen-bond acceptors (Lipinski definition) is 4. The van der Waals surface area contributed by atoms with Gasteiger partial charge in [-0.1, -0.05) is 0 Å². The van der Waals surface area contributed by atoms with Gasteiger partial charge in [0.1, 0.15) is 12.4 Å². The van der Waals surface area contributed by atoms with Crippen molar-refractivity contribution >= 4 is 17.1 Å². The van der Waals surface area contributed by atoms with Gasteiger partial charge < -0.3 is 14.6 Å². The Kier molecular flexibility index (Phi) is 4.01. The third-order valence-corrected chi connectivity index (χ3v) is 5.91. The molecule has 0 aromatic heterocycles. The summed E-state index contributed by atoms with van der Waals surface area (Å²) in [7, 11) is 0. The molecule has 108 valence electrons. The summed E-state index contributed by atoms with van der Waals surface area (Å²) in [6.07, 6.45) is 2.19. The lowest BCUT2D eigenvalue weighted by molar-refractivity contribution is 0.0535. The first kappa shape index (κ1) is 13.9. The maximum absolute atomic E-state index is 12.6. The van der Waals surface area contributed by atoms with Gasteiger partial charge in [0.05, 0.1) is 5.56 Å². The molecule has 1 aromatic carbocycles. The monoisotopic (exact) mass is 293 g/mol. The van der Waals surface area contributed by atoms with E-state index in [1.807, 2.05) is 13.0 Å². The molecular weight excluding hydrogens is 274 g/mol. The normalized spacial score (nSPS) is 20.6. The molecular formula is C15H19NO3S. The Morgan fingerprint density at radius 1 is 1.40 bits per heavy atom. The van der Waals surface area contributed by atoms with Gasteiger partial charge in [-0.25, -0.2) is 4.79 Å². The van der Waals surface area contributed by atoms with Crippen molar-refractivity contribution in [2.75, 3.05) is 18.8 Å². The van der Waals surface area contributed by atoms with Gasteiger partial charge in [0.15, 0.2) is 4.90 Å². The lowest BCUT2D eigenvalue weighted by atomic mass is 10.0. The van der Waals surface area contributed by atoms with Gasteiger partial charge >= 0.3 is 5.97 Å². The number of carbonyl (C=O) groups is 1. The Morgan fingerprint density at radius 2 is 2.15 bits per heavy atom. The molecule has 0 radical (unpaired) electrons. The van der Waals surface area contributed by atoms with E-state index < -0.39 is 11.2 Å². The molecule has 0 saturated carbocycles. The molecule has 0 amide bonds. The summed E-state index contributed by atoms with van der Waals surface area (Å²) in [5.74, 6) is 0.984. The lowest BCUT2D eigenvalue weighted by Crippen LogP contribution is -2.31. The largest absolute Gasteiger partial charge is 0.611 e. The summed E-state index contributed by atoms with van der Waals surface area (Å²) in [6, 6.07) is 3.59. The quantitative estimate of drug-likeness (QED) is 0.681. The van der Waals surface area contributed by atoms with Crippen LogP contribution in [0.3, 0.4) is 0 Å². The molecule has 4 nitrogen and oxygen atoms in total. The van der Waals surface area contributed by atoms with Crippen LogP contribution in [0, 0.1) is 12.8 Å². The summed E-state index contributed by atoms with van der Waals surface area (Å²) in [6.45, 7) is 4.30. The Morgan fingerprint density at radius 3 is 2.90 bits per heavy atom. The van der Waals surface area contributed by atoms with Gasteiger partial charge in [0.2, 0.25) is 0 Å². The number of fused-ring (bicyclic) bond motifs is 1. The third-order valence-electron chi connectivity index (χ3n) is 4.21. The van der Waals surface area contributed by atoms with Crippen molar-refractivity contribution in [2.24, 2.45) is 5.92 Å². The van der Waals surface area contributed by atoms with Crippen molar-refractivity contribution in [3.8, 4) is 0 Å². The van der Waals surface area contributed by atoms with Gasteiger partial charge in [-0.3, -0.25) is 0 Å². The third kappa shape index (κ3) is 2.57. The number of piperidine rings is 1. The van der Waals surface area contributed by atoms with Crippen LogP contribution in [0.15, 0.2) is 17.0 Å². The predicted octanol–water partition coefficient (Wildman–Crippen LogP) is 1.77. The second kappa shape index (κ2) is 5.76. The molecule has 2 aliphatic rings. The smallest absolute Gasteiger partial charge is 0.338 e. The maximum atomic E-state index is 12.6. The van der Waals surface area contributed by atoms with Gasteiger partial charge in [-0.15, -0.1) is 0 Å². The van der Waals surface area contributed by atoms with Crippen LogP contribution in [0.1, 0.15) is 34.3 Å². The summed E-state index contributed by atoms with van der Waals surface area (Å²) in [4.78, 5) is 12.4. The van der Waals surface area contributed by atoms with Crippen molar-refractivity contribution in [3.63, 3.8) is 0 Å². The van der Waals surface area contributed by atoms with Gasteiger partial charge in [-0.05, 0) is 56.2 Å². The Labute approximate surface area is 122 Å². The average Bonchev–Trinajstić information content (AvgIpc) is 2.83. The van der Waals surface area contributed by atoms with Crippen LogP contribution in [0.4, 0.5) is 0 Å². The number of benzene rings is 1. The molecule has 1 atom stereocenters. The maximum Gasteiger partial charge on any atom is 0.338 e. The van der Waals surface area contributed by atoms with Crippen LogP contribution in [0.5, 0.6) is 0 Å².